The number of aromatic nitrogens is 3. The molecule has 178 valence electrons. The highest BCUT2D eigenvalue weighted by atomic mass is 16.3. The molecule has 8 aromatic rings. The van der Waals surface area contributed by atoms with Crippen LogP contribution in [0.15, 0.2) is 132 Å². The van der Waals surface area contributed by atoms with Gasteiger partial charge in [-0.15, -0.1) is 0 Å². The van der Waals surface area contributed by atoms with Crippen molar-refractivity contribution in [3.63, 3.8) is 0 Å². The van der Waals surface area contributed by atoms with Gasteiger partial charge in [0.15, 0.2) is 5.58 Å². The molecule has 0 aliphatic carbocycles. The maximum Gasteiger partial charge on any atom is 0.161 e. The molecule has 38 heavy (non-hydrogen) atoms. The highest BCUT2D eigenvalue weighted by Crippen LogP contribution is 2.41. The van der Waals surface area contributed by atoms with Crippen LogP contribution < -0.4 is 0 Å². The molecule has 0 amide bonds. The van der Waals surface area contributed by atoms with E-state index in [1.165, 1.54) is 21.8 Å². The third kappa shape index (κ3) is 2.98. The number of hydrogen-bond acceptors (Lipinski definition) is 3. The number of nitrogens with zero attached hydrogens (tertiary/aromatic N) is 3. The van der Waals surface area contributed by atoms with Crippen LogP contribution in [0.1, 0.15) is 0 Å². The smallest absolute Gasteiger partial charge is 0.161 e. The summed E-state index contributed by atoms with van der Waals surface area (Å²) in [5, 5.41) is 4.61. The van der Waals surface area contributed by atoms with Crippen molar-refractivity contribution in [3.05, 3.63) is 128 Å². The topological polar surface area (TPSA) is 43.9 Å². The molecule has 8 rings (SSSR count). The van der Waals surface area contributed by atoms with Crippen LogP contribution in [0, 0.1) is 0 Å². The molecule has 0 atom stereocenters. The van der Waals surface area contributed by atoms with E-state index in [9.17, 15) is 0 Å². The predicted molar refractivity (Wildman–Crippen MR) is 155 cm³/mol. The van der Waals surface area contributed by atoms with E-state index in [0.29, 0.717) is 0 Å². The summed E-state index contributed by atoms with van der Waals surface area (Å²) in [5.41, 5.74) is 8.97. The Balaban J connectivity index is 1.43. The monoisotopic (exact) mass is 487 g/mol. The van der Waals surface area contributed by atoms with Gasteiger partial charge in [-0.2, -0.15) is 0 Å². The van der Waals surface area contributed by atoms with Gasteiger partial charge >= 0.3 is 0 Å². The zero-order valence-electron chi connectivity index (χ0n) is 20.4. The molecule has 0 bridgehead atoms. The second-order valence-electron chi connectivity index (χ2n) is 9.44. The van der Waals surface area contributed by atoms with E-state index in [4.69, 9.17) is 9.40 Å². The fourth-order valence-electron chi connectivity index (χ4n) is 5.74. The normalized spacial score (nSPS) is 11.7. The van der Waals surface area contributed by atoms with Gasteiger partial charge in [0, 0.05) is 51.3 Å². The maximum absolute atomic E-state index is 6.35. The van der Waals surface area contributed by atoms with Crippen molar-refractivity contribution in [2.45, 2.75) is 0 Å². The molecule has 0 unspecified atom stereocenters. The summed E-state index contributed by atoms with van der Waals surface area (Å²) in [7, 11) is 0. The second-order valence-corrected chi connectivity index (χ2v) is 9.44. The fraction of sp³-hybridized carbons (Fsp3) is 0. The van der Waals surface area contributed by atoms with Gasteiger partial charge in [-0.1, -0.05) is 72.8 Å². The molecule has 0 spiro atoms. The number of pyridine rings is 2. The zero-order valence-corrected chi connectivity index (χ0v) is 20.4. The first-order valence-electron chi connectivity index (χ1n) is 12.7. The van der Waals surface area contributed by atoms with Gasteiger partial charge in [-0.3, -0.25) is 9.97 Å². The molecule has 0 saturated heterocycles. The molecule has 0 aliphatic rings. The second kappa shape index (κ2) is 8.15. The molecule has 0 fully saturated rings. The first-order valence-corrected chi connectivity index (χ1v) is 12.7. The summed E-state index contributed by atoms with van der Waals surface area (Å²) in [5.74, 6) is 0. The van der Waals surface area contributed by atoms with Crippen LogP contribution in [0.2, 0.25) is 0 Å². The Hall–Kier alpha value is -5.22. The van der Waals surface area contributed by atoms with E-state index < -0.39 is 0 Å². The van der Waals surface area contributed by atoms with Crippen molar-refractivity contribution in [3.8, 4) is 28.1 Å². The quantitative estimate of drug-likeness (QED) is 0.250. The van der Waals surface area contributed by atoms with Crippen molar-refractivity contribution in [2.24, 2.45) is 0 Å². The molecule has 4 aromatic heterocycles. The first kappa shape index (κ1) is 20.9. The van der Waals surface area contributed by atoms with Crippen LogP contribution in [0.5, 0.6) is 0 Å². The van der Waals surface area contributed by atoms with Gasteiger partial charge in [0.1, 0.15) is 11.3 Å². The summed E-state index contributed by atoms with van der Waals surface area (Å²) in [4.78, 5) is 9.32. The number of benzene rings is 4. The molecule has 4 nitrogen and oxygen atoms in total. The minimum absolute atomic E-state index is 0.775. The third-order valence-corrected chi connectivity index (χ3v) is 7.39. The Morgan fingerprint density at radius 3 is 2.03 bits per heavy atom. The average molecular weight is 488 g/mol. The highest BCUT2D eigenvalue weighted by Gasteiger charge is 2.20. The Labute approximate surface area is 218 Å². The average Bonchev–Trinajstić information content (AvgIpc) is 3.53. The molecule has 0 saturated carbocycles. The van der Waals surface area contributed by atoms with E-state index in [1.54, 1.807) is 0 Å². The number of hydrogen-bond donors (Lipinski definition) is 0. The summed E-state index contributed by atoms with van der Waals surface area (Å²) in [6.45, 7) is 0. The predicted octanol–water partition coefficient (Wildman–Crippen LogP) is 8.81. The Bertz CT molecular complexity index is 2100. The third-order valence-electron chi connectivity index (χ3n) is 7.39. The molecule has 0 radical (unpaired) electrons. The van der Waals surface area contributed by atoms with E-state index in [2.05, 4.69) is 94.5 Å². The zero-order chi connectivity index (χ0) is 25.1. The SMILES string of the molecule is c1ccc(-n2c3ccccc3c3ccccc32)c(-c2ccncc2-c2nccc3c2oc2ccccc23)c1. The molecular formula is C34H21N3O. The fourth-order valence-corrected chi connectivity index (χ4v) is 5.74. The molecule has 4 heterocycles. The summed E-state index contributed by atoms with van der Waals surface area (Å²) in [6, 6.07) is 38.0. The van der Waals surface area contributed by atoms with Crippen molar-refractivity contribution >= 4 is 43.7 Å². The van der Waals surface area contributed by atoms with Gasteiger partial charge < -0.3 is 8.98 Å². The van der Waals surface area contributed by atoms with Gasteiger partial charge in [0.05, 0.1) is 16.7 Å². The summed E-state index contributed by atoms with van der Waals surface area (Å²) < 4.78 is 8.71. The van der Waals surface area contributed by atoms with Crippen molar-refractivity contribution in [1.82, 2.24) is 14.5 Å². The Kier molecular flexibility index (Phi) is 4.49. The van der Waals surface area contributed by atoms with Crippen molar-refractivity contribution in [1.29, 1.82) is 0 Å². The Morgan fingerprint density at radius 2 is 1.21 bits per heavy atom. The lowest BCUT2D eigenvalue weighted by molar-refractivity contribution is 0.668. The van der Waals surface area contributed by atoms with Crippen LogP contribution >= 0.6 is 0 Å². The van der Waals surface area contributed by atoms with Crippen LogP contribution in [0.4, 0.5) is 0 Å². The Morgan fingerprint density at radius 1 is 0.526 bits per heavy atom. The first-order chi connectivity index (χ1) is 18.9. The maximum atomic E-state index is 6.35. The van der Waals surface area contributed by atoms with Gasteiger partial charge in [0.2, 0.25) is 0 Å². The minimum Gasteiger partial charge on any atom is -0.454 e. The van der Waals surface area contributed by atoms with Crippen LogP contribution in [0.3, 0.4) is 0 Å². The molecule has 0 N–H and O–H groups in total. The molecule has 4 aromatic carbocycles. The van der Waals surface area contributed by atoms with E-state index in [-0.39, 0.29) is 0 Å². The lowest BCUT2D eigenvalue weighted by Crippen LogP contribution is -1.98. The summed E-state index contributed by atoms with van der Waals surface area (Å²) in [6.07, 6.45) is 5.60. The van der Waals surface area contributed by atoms with Crippen LogP contribution in [-0.2, 0) is 0 Å². The van der Waals surface area contributed by atoms with Crippen LogP contribution in [0.25, 0.3) is 71.8 Å². The number of para-hydroxylation sites is 4. The van der Waals surface area contributed by atoms with E-state index in [0.717, 1.165) is 50.0 Å². The highest BCUT2D eigenvalue weighted by molar-refractivity contribution is 6.11. The van der Waals surface area contributed by atoms with E-state index >= 15 is 0 Å². The number of rotatable bonds is 3. The van der Waals surface area contributed by atoms with Crippen LogP contribution in [-0.4, -0.2) is 14.5 Å². The molecule has 0 aliphatic heterocycles. The lowest BCUT2D eigenvalue weighted by Gasteiger charge is -2.16. The van der Waals surface area contributed by atoms with Crippen molar-refractivity contribution in [2.75, 3.05) is 0 Å². The molecular weight excluding hydrogens is 466 g/mol. The lowest BCUT2D eigenvalue weighted by atomic mass is 9.97. The number of fused-ring (bicyclic) bond motifs is 6. The van der Waals surface area contributed by atoms with Gasteiger partial charge in [-0.25, -0.2) is 0 Å². The molecule has 4 heteroatoms. The van der Waals surface area contributed by atoms with Gasteiger partial charge in [0.25, 0.3) is 0 Å². The standard InChI is InChI=1S/C34H21N3O/c1-5-13-29(37-30-14-6-2-10-24(30)25-11-3-7-15-31(25)37)23(9-1)22-17-19-35-21-28(22)33-34-27(18-20-36-33)26-12-4-8-16-32(26)38-34/h1-21H. The van der Waals surface area contributed by atoms with Crippen molar-refractivity contribution < 1.29 is 4.42 Å². The van der Waals surface area contributed by atoms with Gasteiger partial charge in [-0.05, 0) is 42.0 Å². The van der Waals surface area contributed by atoms with E-state index in [1.807, 2.05) is 42.9 Å². The minimum atomic E-state index is 0.775. The largest absolute Gasteiger partial charge is 0.454 e. The summed E-state index contributed by atoms with van der Waals surface area (Å²) >= 11 is 0. The number of furan rings is 1.